The molecule has 0 spiro atoms. The van der Waals surface area contributed by atoms with Crippen LogP contribution in [0.25, 0.3) is 0 Å². The first kappa shape index (κ1) is 20.2. The Hall–Kier alpha value is -2.12. The van der Waals surface area contributed by atoms with Gasteiger partial charge in [0.05, 0.1) is 6.61 Å². The SMILES string of the molecule is C=C(CC(CC)CP(=O)(c1ccccc1)c1ccccc1)C(=O)OCC. The predicted octanol–water partition coefficient (Wildman–Crippen LogP) is 4.54. The molecular weight excluding hydrogens is 343 g/mol. The van der Waals surface area contributed by atoms with Crippen molar-refractivity contribution >= 4 is 23.7 Å². The van der Waals surface area contributed by atoms with Crippen molar-refractivity contribution in [2.24, 2.45) is 5.92 Å². The fraction of sp³-hybridized carbons (Fsp3) is 0.318. The van der Waals surface area contributed by atoms with Crippen LogP contribution in [-0.2, 0) is 14.1 Å². The van der Waals surface area contributed by atoms with E-state index in [2.05, 4.69) is 13.5 Å². The molecule has 26 heavy (non-hydrogen) atoms. The van der Waals surface area contributed by atoms with Crippen LogP contribution in [0.1, 0.15) is 26.7 Å². The van der Waals surface area contributed by atoms with E-state index < -0.39 is 7.14 Å². The molecule has 0 aliphatic rings. The van der Waals surface area contributed by atoms with E-state index in [0.29, 0.717) is 24.8 Å². The molecule has 0 aromatic heterocycles. The van der Waals surface area contributed by atoms with Gasteiger partial charge in [-0.05, 0) is 19.3 Å². The lowest BCUT2D eigenvalue weighted by atomic mass is 10.00. The van der Waals surface area contributed by atoms with E-state index in [1.165, 1.54) is 0 Å². The fourth-order valence-corrected chi connectivity index (χ4v) is 6.21. The highest BCUT2D eigenvalue weighted by Gasteiger charge is 2.30. The van der Waals surface area contributed by atoms with Crippen molar-refractivity contribution in [1.82, 2.24) is 0 Å². The summed E-state index contributed by atoms with van der Waals surface area (Å²) in [5.74, 6) is -0.265. The van der Waals surface area contributed by atoms with Crippen molar-refractivity contribution in [3.63, 3.8) is 0 Å². The Balaban J connectivity index is 2.30. The number of benzene rings is 2. The summed E-state index contributed by atoms with van der Waals surface area (Å²) in [6.45, 7) is 8.04. The molecule has 0 N–H and O–H groups in total. The van der Waals surface area contributed by atoms with Crippen LogP contribution in [0, 0.1) is 5.92 Å². The van der Waals surface area contributed by atoms with Gasteiger partial charge in [-0.3, -0.25) is 0 Å². The standard InChI is InChI=1S/C22H27O3P/c1-4-19(16-18(3)22(23)25-5-2)17-26(24,20-12-8-6-9-13-20)21-14-10-7-11-15-21/h6-15,19H,3-5,16-17H2,1-2H3. The fourth-order valence-electron chi connectivity index (χ4n) is 3.06. The molecule has 0 bridgehead atoms. The highest BCUT2D eigenvalue weighted by Crippen LogP contribution is 2.46. The number of ether oxygens (including phenoxy) is 1. The minimum absolute atomic E-state index is 0.0955. The van der Waals surface area contributed by atoms with Gasteiger partial charge in [-0.15, -0.1) is 0 Å². The van der Waals surface area contributed by atoms with E-state index in [4.69, 9.17) is 4.74 Å². The molecule has 3 nitrogen and oxygen atoms in total. The van der Waals surface area contributed by atoms with Crippen LogP contribution in [0.4, 0.5) is 0 Å². The Bertz CT molecular complexity index is 725. The third-order valence-corrected chi connectivity index (χ3v) is 7.83. The van der Waals surface area contributed by atoms with Gasteiger partial charge >= 0.3 is 5.97 Å². The normalized spacial score (nSPS) is 12.4. The van der Waals surface area contributed by atoms with Gasteiger partial charge in [0.1, 0.15) is 7.14 Å². The molecule has 0 aliphatic carbocycles. The number of hydrogen-bond donors (Lipinski definition) is 0. The number of esters is 1. The minimum atomic E-state index is -2.79. The highest BCUT2D eigenvalue weighted by atomic mass is 31.2. The maximum absolute atomic E-state index is 14.1. The lowest BCUT2D eigenvalue weighted by Crippen LogP contribution is -2.23. The minimum Gasteiger partial charge on any atom is -0.463 e. The Labute approximate surface area is 156 Å². The number of rotatable bonds is 9. The van der Waals surface area contributed by atoms with Crippen molar-refractivity contribution in [2.45, 2.75) is 26.7 Å². The number of hydrogen-bond acceptors (Lipinski definition) is 3. The smallest absolute Gasteiger partial charge is 0.333 e. The molecule has 0 saturated carbocycles. The summed E-state index contributed by atoms with van der Waals surface area (Å²) in [5.41, 5.74) is 0.450. The first-order valence-corrected chi connectivity index (χ1v) is 11.0. The van der Waals surface area contributed by atoms with Crippen LogP contribution in [0.5, 0.6) is 0 Å². The highest BCUT2D eigenvalue weighted by molar-refractivity contribution is 7.78. The Morgan fingerprint density at radius 1 is 1.00 bits per heavy atom. The molecule has 0 heterocycles. The van der Waals surface area contributed by atoms with Gasteiger partial charge in [0.15, 0.2) is 0 Å². The third-order valence-electron chi connectivity index (χ3n) is 4.54. The van der Waals surface area contributed by atoms with Crippen LogP contribution in [-0.4, -0.2) is 18.7 Å². The van der Waals surface area contributed by atoms with E-state index >= 15 is 0 Å². The third kappa shape index (κ3) is 4.95. The molecule has 2 aromatic rings. The van der Waals surface area contributed by atoms with Crippen LogP contribution in [0.2, 0.25) is 0 Å². The first-order chi connectivity index (χ1) is 12.5. The molecule has 2 aromatic carbocycles. The summed E-state index contributed by atoms with van der Waals surface area (Å²) in [4.78, 5) is 11.9. The molecule has 4 heteroatoms. The summed E-state index contributed by atoms with van der Waals surface area (Å²) in [6, 6.07) is 19.3. The monoisotopic (exact) mass is 370 g/mol. The number of carbonyl (C=O) groups is 1. The van der Waals surface area contributed by atoms with E-state index in [-0.39, 0.29) is 11.9 Å². The van der Waals surface area contributed by atoms with Crippen molar-refractivity contribution < 1.29 is 14.1 Å². The summed E-state index contributed by atoms with van der Waals surface area (Å²) < 4.78 is 19.2. The molecule has 1 unspecified atom stereocenters. The molecule has 138 valence electrons. The van der Waals surface area contributed by atoms with Gasteiger partial charge in [-0.2, -0.15) is 0 Å². The van der Waals surface area contributed by atoms with Gasteiger partial charge in [-0.25, -0.2) is 4.79 Å². The maximum atomic E-state index is 14.1. The Morgan fingerprint density at radius 3 is 1.92 bits per heavy atom. The van der Waals surface area contributed by atoms with Crippen LogP contribution in [0.15, 0.2) is 72.8 Å². The molecular formula is C22H27O3P. The van der Waals surface area contributed by atoms with Crippen LogP contribution < -0.4 is 10.6 Å². The van der Waals surface area contributed by atoms with Gasteiger partial charge in [0.2, 0.25) is 0 Å². The van der Waals surface area contributed by atoms with Crippen molar-refractivity contribution in [3.05, 3.63) is 72.8 Å². The Morgan fingerprint density at radius 2 is 1.50 bits per heavy atom. The summed E-state index contributed by atoms with van der Waals surface area (Å²) in [5, 5.41) is 1.71. The summed E-state index contributed by atoms with van der Waals surface area (Å²) in [6.07, 6.45) is 1.83. The van der Waals surface area contributed by atoms with E-state index in [9.17, 15) is 9.36 Å². The van der Waals surface area contributed by atoms with Crippen LogP contribution in [0.3, 0.4) is 0 Å². The molecule has 2 rings (SSSR count). The van der Waals surface area contributed by atoms with Crippen molar-refractivity contribution in [2.75, 3.05) is 12.8 Å². The molecule has 1 atom stereocenters. The summed E-state index contributed by atoms with van der Waals surface area (Å²) in [7, 11) is -2.79. The first-order valence-electron chi connectivity index (χ1n) is 9.06. The van der Waals surface area contributed by atoms with Crippen molar-refractivity contribution in [1.29, 1.82) is 0 Å². The zero-order chi connectivity index (χ0) is 19.0. The second-order valence-electron chi connectivity index (χ2n) is 6.40. The lowest BCUT2D eigenvalue weighted by molar-refractivity contribution is -0.138. The van der Waals surface area contributed by atoms with E-state index in [1.54, 1.807) is 6.92 Å². The maximum Gasteiger partial charge on any atom is 0.333 e. The average Bonchev–Trinajstić information content (AvgIpc) is 2.68. The Kier molecular flexibility index (Phi) is 7.41. The second kappa shape index (κ2) is 9.54. The van der Waals surface area contributed by atoms with Gasteiger partial charge in [0.25, 0.3) is 0 Å². The molecule has 0 saturated heterocycles. The van der Waals surface area contributed by atoms with Gasteiger partial charge < -0.3 is 9.30 Å². The van der Waals surface area contributed by atoms with Crippen LogP contribution >= 0.6 is 7.14 Å². The van der Waals surface area contributed by atoms with Gasteiger partial charge in [0, 0.05) is 22.3 Å². The largest absolute Gasteiger partial charge is 0.463 e. The van der Waals surface area contributed by atoms with E-state index in [1.807, 2.05) is 60.7 Å². The van der Waals surface area contributed by atoms with E-state index in [0.717, 1.165) is 17.0 Å². The lowest BCUT2D eigenvalue weighted by Gasteiger charge is -2.25. The molecule has 0 fully saturated rings. The van der Waals surface area contributed by atoms with Gasteiger partial charge in [-0.1, -0.05) is 80.6 Å². The topological polar surface area (TPSA) is 43.4 Å². The predicted molar refractivity (Wildman–Crippen MR) is 109 cm³/mol. The second-order valence-corrected chi connectivity index (χ2v) is 9.27. The summed E-state index contributed by atoms with van der Waals surface area (Å²) >= 11 is 0. The molecule has 0 aliphatic heterocycles. The zero-order valence-electron chi connectivity index (χ0n) is 15.6. The molecule has 0 radical (unpaired) electrons. The number of carbonyl (C=O) groups excluding carboxylic acids is 1. The van der Waals surface area contributed by atoms with Crippen molar-refractivity contribution in [3.8, 4) is 0 Å². The average molecular weight is 370 g/mol. The zero-order valence-corrected chi connectivity index (χ0v) is 16.5. The quantitative estimate of drug-likeness (QED) is 0.370. The molecule has 0 amide bonds.